The average Bonchev–Trinajstić information content (AvgIpc) is 2.73. The fourth-order valence-corrected chi connectivity index (χ4v) is 4.03. The van der Waals surface area contributed by atoms with Gasteiger partial charge in [-0.05, 0) is 75.1 Å². The number of ketones is 1. The second-order valence-corrected chi connectivity index (χ2v) is 8.33. The van der Waals surface area contributed by atoms with Gasteiger partial charge in [0.2, 0.25) is 0 Å². The Bertz CT molecular complexity index is 1110. The Morgan fingerprint density at radius 1 is 1.10 bits per heavy atom. The van der Waals surface area contributed by atoms with Crippen molar-refractivity contribution in [3.05, 3.63) is 65.4 Å². The van der Waals surface area contributed by atoms with E-state index < -0.39 is 0 Å². The zero-order chi connectivity index (χ0) is 21.3. The number of hydrogen-bond acceptors (Lipinski definition) is 4. The molecule has 1 N–H and O–H groups in total. The van der Waals surface area contributed by atoms with Crippen LogP contribution in [0.3, 0.4) is 0 Å². The highest BCUT2D eigenvalue weighted by Gasteiger charge is 2.24. The van der Waals surface area contributed by atoms with E-state index in [-0.39, 0.29) is 11.7 Å². The number of carbonyl (C=O) groups excluding carboxylic acids is 2. The lowest BCUT2D eigenvalue weighted by Crippen LogP contribution is -2.39. The van der Waals surface area contributed by atoms with Gasteiger partial charge in [-0.15, -0.1) is 0 Å². The van der Waals surface area contributed by atoms with Crippen LogP contribution in [0.5, 0.6) is 0 Å². The Morgan fingerprint density at radius 3 is 2.57 bits per heavy atom. The first-order valence-electron chi connectivity index (χ1n) is 10.5. The Kier molecular flexibility index (Phi) is 5.53. The topological polar surface area (TPSA) is 62.3 Å². The Labute approximate surface area is 177 Å². The maximum atomic E-state index is 13.2. The maximum absolute atomic E-state index is 13.2. The van der Waals surface area contributed by atoms with Crippen LogP contribution >= 0.6 is 0 Å². The Morgan fingerprint density at radius 2 is 1.87 bits per heavy atom. The van der Waals surface area contributed by atoms with E-state index in [2.05, 4.69) is 23.3 Å². The summed E-state index contributed by atoms with van der Waals surface area (Å²) in [5.74, 6) is 0.539. The number of fused-ring (bicyclic) bond motifs is 1. The average molecular weight is 402 g/mol. The molecule has 1 aliphatic rings. The molecule has 1 atom stereocenters. The molecular weight excluding hydrogens is 374 g/mol. The van der Waals surface area contributed by atoms with E-state index in [0.29, 0.717) is 17.2 Å². The third kappa shape index (κ3) is 4.20. The van der Waals surface area contributed by atoms with Crippen molar-refractivity contribution in [3.8, 4) is 0 Å². The standard InChI is InChI=1S/C25H27N3O2/c1-16-6-11-22-21(13-16)23(26-20-9-7-19(8-10-20)18(3)29)14-24(27-22)25(30)28-12-4-5-17(2)15-28/h6-11,13-14,17H,4-5,12,15H2,1-3H3,(H,26,27). The molecule has 3 aromatic rings. The maximum Gasteiger partial charge on any atom is 0.272 e. The van der Waals surface area contributed by atoms with Gasteiger partial charge in [-0.3, -0.25) is 9.59 Å². The van der Waals surface area contributed by atoms with Crippen LogP contribution in [-0.2, 0) is 0 Å². The predicted octanol–water partition coefficient (Wildman–Crippen LogP) is 5.36. The van der Waals surface area contributed by atoms with Crippen molar-refractivity contribution in [2.24, 2.45) is 5.92 Å². The van der Waals surface area contributed by atoms with Crippen LogP contribution in [-0.4, -0.2) is 34.7 Å². The second kappa shape index (κ2) is 8.27. The Hall–Kier alpha value is -3.21. The van der Waals surface area contributed by atoms with Crippen molar-refractivity contribution in [1.29, 1.82) is 0 Å². The molecule has 0 radical (unpaired) electrons. The van der Waals surface area contributed by atoms with Crippen LogP contribution in [0.25, 0.3) is 10.9 Å². The minimum Gasteiger partial charge on any atom is -0.355 e. The summed E-state index contributed by atoms with van der Waals surface area (Å²) in [4.78, 5) is 31.3. The predicted molar refractivity (Wildman–Crippen MR) is 121 cm³/mol. The molecule has 2 heterocycles. The fraction of sp³-hybridized carbons (Fsp3) is 0.320. The van der Waals surface area contributed by atoms with E-state index in [1.165, 1.54) is 0 Å². The van der Waals surface area contributed by atoms with Crippen molar-refractivity contribution in [2.45, 2.75) is 33.6 Å². The number of aryl methyl sites for hydroxylation is 1. The molecule has 1 amide bonds. The molecule has 154 valence electrons. The van der Waals surface area contributed by atoms with Crippen molar-refractivity contribution in [2.75, 3.05) is 18.4 Å². The number of likely N-dealkylation sites (tertiary alicyclic amines) is 1. The van der Waals surface area contributed by atoms with E-state index in [1.807, 2.05) is 42.2 Å². The summed E-state index contributed by atoms with van der Waals surface area (Å²) in [5.41, 5.74) is 4.75. The number of aromatic nitrogens is 1. The molecule has 4 rings (SSSR count). The minimum absolute atomic E-state index is 0.0148. The molecule has 0 bridgehead atoms. The van der Waals surface area contributed by atoms with E-state index in [9.17, 15) is 9.59 Å². The lowest BCUT2D eigenvalue weighted by molar-refractivity contribution is 0.0677. The van der Waals surface area contributed by atoms with Crippen LogP contribution in [0.2, 0.25) is 0 Å². The highest BCUT2D eigenvalue weighted by Crippen LogP contribution is 2.29. The number of amides is 1. The van der Waals surface area contributed by atoms with Gasteiger partial charge < -0.3 is 10.2 Å². The summed E-state index contributed by atoms with van der Waals surface area (Å²) >= 11 is 0. The molecule has 30 heavy (non-hydrogen) atoms. The third-order valence-corrected chi connectivity index (χ3v) is 5.70. The van der Waals surface area contributed by atoms with Gasteiger partial charge in [-0.25, -0.2) is 4.98 Å². The number of Topliss-reactive ketones (excluding diaryl/α,β-unsaturated/α-hetero) is 1. The molecule has 1 saturated heterocycles. The van der Waals surface area contributed by atoms with Gasteiger partial charge in [-0.2, -0.15) is 0 Å². The van der Waals surface area contributed by atoms with Crippen molar-refractivity contribution >= 4 is 34.0 Å². The minimum atomic E-state index is -0.0148. The lowest BCUT2D eigenvalue weighted by Gasteiger charge is -2.30. The van der Waals surface area contributed by atoms with Gasteiger partial charge >= 0.3 is 0 Å². The number of carbonyl (C=O) groups is 2. The first kappa shape index (κ1) is 20.1. The van der Waals surface area contributed by atoms with Crippen LogP contribution in [0.15, 0.2) is 48.5 Å². The molecule has 5 nitrogen and oxygen atoms in total. The van der Waals surface area contributed by atoms with Gasteiger partial charge in [0.15, 0.2) is 5.78 Å². The largest absolute Gasteiger partial charge is 0.355 e. The van der Waals surface area contributed by atoms with Crippen LogP contribution in [0, 0.1) is 12.8 Å². The first-order valence-corrected chi connectivity index (χ1v) is 10.5. The number of anilines is 2. The van der Waals surface area contributed by atoms with Crippen molar-refractivity contribution in [1.82, 2.24) is 9.88 Å². The summed E-state index contributed by atoms with van der Waals surface area (Å²) in [7, 11) is 0. The fourth-order valence-electron chi connectivity index (χ4n) is 4.03. The highest BCUT2D eigenvalue weighted by atomic mass is 16.2. The number of nitrogens with zero attached hydrogens (tertiary/aromatic N) is 2. The normalized spacial score (nSPS) is 16.5. The summed E-state index contributed by atoms with van der Waals surface area (Å²) in [6.07, 6.45) is 2.20. The highest BCUT2D eigenvalue weighted by molar-refractivity contribution is 6.01. The van der Waals surface area contributed by atoms with E-state index in [1.54, 1.807) is 19.1 Å². The quantitative estimate of drug-likeness (QED) is 0.598. The van der Waals surface area contributed by atoms with Crippen molar-refractivity contribution < 1.29 is 9.59 Å². The molecule has 0 saturated carbocycles. The van der Waals surface area contributed by atoms with E-state index in [0.717, 1.165) is 53.8 Å². The lowest BCUT2D eigenvalue weighted by atomic mass is 10.00. The molecule has 5 heteroatoms. The number of rotatable bonds is 4. The molecule has 1 aliphatic heterocycles. The summed E-state index contributed by atoms with van der Waals surface area (Å²) in [5, 5.41) is 4.39. The molecule has 1 fully saturated rings. The molecule has 0 aliphatic carbocycles. The number of benzene rings is 2. The van der Waals surface area contributed by atoms with Gasteiger partial charge in [0, 0.05) is 29.7 Å². The summed E-state index contributed by atoms with van der Waals surface area (Å²) in [6.45, 7) is 7.35. The molecule has 1 unspecified atom stereocenters. The van der Waals surface area contributed by atoms with Gasteiger partial charge in [0.25, 0.3) is 5.91 Å². The summed E-state index contributed by atoms with van der Waals surface area (Å²) < 4.78 is 0. The van der Waals surface area contributed by atoms with Gasteiger partial charge in [-0.1, -0.05) is 18.6 Å². The van der Waals surface area contributed by atoms with Crippen LogP contribution < -0.4 is 5.32 Å². The van der Waals surface area contributed by atoms with Gasteiger partial charge in [0.05, 0.1) is 11.2 Å². The smallest absolute Gasteiger partial charge is 0.272 e. The SMILES string of the molecule is CC(=O)c1ccc(Nc2cc(C(=O)N3CCCC(C)C3)nc3ccc(C)cc23)cc1. The van der Waals surface area contributed by atoms with Gasteiger partial charge in [0.1, 0.15) is 5.69 Å². The number of nitrogens with one attached hydrogen (secondary N) is 1. The zero-order valence-corrected chi connectivity index (χ0v) is 17.7. The van der Waals surface area contributed by atoms with Crippen LogP contribution in [0.1, 0.15) is 53.1 Å². The van der Waals surface area contributed by atoms with E-state index >= 15 is 0 Å². The Balaban J connectivity index is 1.72. The third-order valence-electron chi connectivity index (χ3n) is 5.70. The molecule has 0 spiro atoms. The molecule has 2 aromatic carbocycles. The molecule has 1 aromatic heterocycles. The monoisotopic (exact) mass is 401 g/mol. The number of pyridine rings is 1. The number of hydrogen-bond donors (Lipinski definition) is 1. The summed E-state index contributed by atoms with van der Waals surface area (Å²) in [6, 6.07) is 15.3. The number of piperidine rings is 1. The second-order valence-electron chi connectivity index (χ2n) is 8.33. The van der Waals surface area contributed by atoms with Crippen LogP contribution in [0.4, 0.5) is 11.4 Å². The van der Waals surface area contributed by atoms with Crippen molar-refractivity contribution in [3.63, 3.8) is 0 Å². The zero-order valence-electron chi connectivity index (χ0n) is 17.7. The van der Waals surface area contributed by atoms with E-state index in [4.69, 9.17) is 0 Å². The molecular formula is C25H27N3O2. The first-order chi connectivity index (χ1) is 14.4.